The predicted octanol–water partition coefficient (Wildman–Crippen LogP) is 0.840. The number of nitrogens with zero attached hydrogens (tertiary/aromatic N) is 1. The van der Waals surface area contributed by atoms with Gasteiger partial charge in [-0.3, -0.25) is 14.5 Å². The van der Waals surface area contributed by atoms with E-state index in [9.17, 15) is 9.59 Å². The van der Waals surface area contributed by atoms with Crippen LogP contribution in [-0.4, -0.2) is 47.1 Å². The Morgan fingerprint density at radius 1 is 1.35 bits per heavy atom. The number of carboxylic acids is 1. The largest absolute Gasteiger partial charge is 0.480 e. The van der Waals surface area contributed by atoms with Crippen molar-refractivity contribution < 1.29 is 14.7 Å². The van der Waals surface area contributed by atoms with Gasteiger partial charge >= 0.3 is 5.97 Å². The molecule has 1 fully saturated rings. The van der Waals surface area contributed by atoms with Crippen LogP contribution in [-0.2, 0) is 9.59 Å². The quantitative estimate of drug-likeness (QED) is 0.749. The molecule has 1 saturated carbocycles. The van der Waals surface area contributed by atoms with E-state index in [2.05, 4.69) is 5.32 Å². The van der Waals surface area contributed by atoms with E-state index >= 15 is 0 Å². The van der Waals surface area contributed by atoms with Crippen LogP contribution < -0.4 is 5.32 Å². The first-order valence-electron chi connectivity index (χ1n) is 6.27. The molecular weight excluding hydrogens is 220 g/mol. The number of hydrogen-bond donors (Lipinski definition) is 2. The molecule has 98 valence electrons. The van der Waals surface area contributed by atoms with Crippen molar-refractivity contribution in [2.24, 2.45) is 0 Å². The molecule has 0 aromatic heterocycles. The zero-order chi connectivity index (χ0) is 12.8. The Morgan fingerprint density at radius 2 is 2.00 bits per heavy atom. The van der Waals surface area contributed by atoms with Gasteiger partial charge in [0.15, 0.2) is 0 Å². The summed E-state index contributed by atoms with van der Waals surface area (Å²) < 4.78 is 0. The third-order valence-electron chi connectivity index (χ3n) is 3.33. The molecule has 1 aliphatic carbocycles. The molecule has 0 saturated heterocycles. The van der Waals surface area contributed by atoms with Gasteiger partial charge < -0.3 is 10.4 Å². The standard InChI is InChI=1S/C12H22N2O3/c1-3-14(8-12(16)17)11-7-5-4-6-10(11)13-9(2)15/h10-11H,3-8H2,1-2H3,(H,13,15)(H,16,17)/t10-,11-/m1/s1. The molecule has 0 aromatic rings. The molecule has 17 heavy (non-hydrogen) atoms. The number of aliphatic carboxylic acids is 1. The molecule has 0 spiro atoms. The van der Waals surface area contributed by atoms with Crippen LogP contribution in [0.25, 0.3) is 0 Å². The number of hydrogen-bond acceptors (Lipinski definition) is 3. The van der Waals surface area contributed by atoms with Crippen LogP contribution in [0.2, 0.25) is 0 Å². The van der Waals surface area contributed by atoms with E-state index in [1.54, 1.807) is 0 Å². The highest BCUT2D eigenvalue weighted by Gasteiger charge is 2.30. The topological polar surface area (TPSA) is 69.6 Å². The summed E-state index contributed by atoms with van der Waals surface area (Å²) in [5, 5.41) is 11.8. The van der Waals surface area contributed by atoms with Crippen molar-refractivity contribution in [1.29, 1.82) is 0 Å². The normalized spacial score (nSPS) is 24.6. The van der Waals surface area contributed by atoms with Crippen molar-refractivity contribution in [1.82, 2.24) is 10.2 Å². The molecule has 2 N–H and O–H groups in total. The monoisotopic (exact) mass is 242 g/mol. The summed E-state index contributed by atoms with van der Waals surface area (Å²) in [6.45, 7) is 4.23. The fourth-order valence-corrected chi connectivity index (χ4v) is 2.62. The van der Waals surface area contributed by atoms with Crippen LogP contribution in [0, 0.1) is 0 Å². The molecule has 0 radical (unpaired) electrons. The van der Waals surface area contributed by atoms with Gasteiger partial charge in [-0.05, 0) is 19.4 Å². The molecule has 5 heteroatoms. The first-order valence-corrected chi connectivity index (χ1v) is 6.27. The Labute approximate surface area is 102 Å². The van der Waals surface area contributed by atoms with Gasteiger partial charge in [0.2, 0.25) is 5.91 Å². The summed E-state index contributed by atoms with van der Waals surface area (Å²) in [5.41, 5.74) is 0. The van der Waals surface area contributed by atoms with Gasteiger partial charge in [0, 0.05) is 19.0 Å². The minimum atomic E-state index is -0.806. The summed E-state index contributed by atoms with van der Waals surface area (Å²) in [4.78, 5) is 23.9. The zero-order valence-electron chi connectivity index (χ0n) is 10.6. The maximum Gasteiger partial charge on any atom is 0.317 e. The summed E-state index contributed by atoms with van der Waals surface area (Å²) >= 11 is 0. The van der Waals surface area contributed by atoms with Crippen LogP contribution in [0.4, 0.5) is 0 Å². The number of carbonyl (C=O) groups is 2. The van der Waals surface area contributed by atoms with E-state index in [0.717, 1.165) is 25.7 Å². The lowest BCUT2D eigenvalue weighted by atomic mass is 9.89. The number of amides is 1. The summed E-state index contributed by atoms with van der Waals surface area (Å²) in [6.07, 6.45) is 4.12. The minimum Gasteiger partial charge on any atom is -0.480 e. The van der Waals surface area contributed by atoms with Gasteiger partial charge in [-0.2, -0.15) is 0 Å². The molecule has 1 aliphatic rings. The number of rotatable bonds is 5. The molecule has 0 heterocycles. The fourth-order valence-electron chi connectivity index (χ4n) is 2.62. The third kappa shape index (κ3) is 4.34. The van der Waals surface area contributed by atoms with Crippen molar-refractivity contribution in [3.8, 4) is 0 Å². The van der Waals surface area contributed by atoms with Gasteiger partial charge in [-0.25, -0.2) is 0 Å². The second-order valence-corrected chi connectivity index (χ2v) is 4.62. The molecule has 1 amide bonds. The molecule has 0 bridgehead atoms. The average molecular weight is 242 g/mol. The smallest absolute Gasteiger partial charge is 0.317 e. The number of likely N-dealkylation sites (N-methyl/N-ethyl adjacent to an activating group) is 1. The maximum atomic E-state index is 11.1. The number of carboxylic acid groups (broad SMARTS) is 1. The molecule has 0 unspecified atom stereocenters. The van der Waals surface area contributed by atoms with Gasteiger partial charge in [0.25, 0.3) is 0 Å². The van der Waals surface area contributed by atoms with Gasteiger partial charge in [-0.1, -0.05) is 19.8 Å². The van der Waals surface area contributed by atoms with Gasteiger partial charge in [0.05, 0.1) is 6.54 Å². The molecule has 0 aliphatic heterocycles. The molecular formula is C12H22N2O3. The summed E-state index contributed by atoms with van der Waals surface area (Å²) in [7, 11) is 0. The Kier molecular flexibility index (Phi) is 5.41. The first-order chi connectivity index (χ1) is 8.04. The van der Waals surface area contributed by atoms with Gasteiger partial charge in [-0.15, -0.1) is 0 Å². The lowest BCUT2D eigenvalue weighted by Crippen LogP contribution is -2.54. The van der Waals surface area contributed by atoms with E-state index in [-0.39, 0.29) is 24.5 Å². The highest BCUT2D eigenvalue weighted by molar-refractivity contribution is 5.73. The van der Waals surface area contributed by atoms with Crippen molar-refractivity contribution >= 4 is 11.9 Å². The SMILES string of the molecule is CCN(CC(=O)O)[C@@H]1CCCC[C@H]1NC(C)=O. The van der Waals surface area contributed by atoms with E-state index in [1.165, 1.54) is 6.92 Å². The lowest BCUT2D eigenvalue weighted by molar-refractivity contribution is -0.139. The maximum absolute atomic E-state index is 11.1. The van der Waals surface area contributed by atoms with Crippen LogP contribution in [0.15, 0.2) is 0 Å². The fraction of sp³-hybridized carbons (Fsp3) is 0.833. The Morgan fingerprint density at radius 3 is 2.53 bits per heavy atom. The molecule has 1 rings (SSSR count). The van der Waals surface area contributed by atoms with Gasteiger partial charge in [0.1, 0.15) is 0 Å². The minimum absolute atomic E-state index is 0.0340. The van der Waals surface area contributed by atoms with Crippen molar-refractivity contribution in [3.05, 3.63) is 0 Å². The summed E-state index contributed by atoms with van der Waals surface area (Å²) in [6, 6.07) is 0.259. The van der Waals surface area contributed by atoms with E-state index in [1.807, 2.05) is 11.8 Å². The third-order valence-corrected chi connectivity index (χ3v) is 3.33. The van der Waals surface area contributed by atoms with Crippen molar-refractivity contribution in [2.75, 3.05) is 13.1 Å². The second-order valence-electron chi connectivity index (χ2n) is 4.62. The van der Waals surface area contributed by atoms with E-state index < -0.39 is 5.97 Å². The number of nitrogens with one attached hydrogen (secondary N) is 1. The van der Waals surface area contributed by atoms with E-state index in [4.69, 9.17) is 5.11 Å². The highest BCUT2D eigenvalue weighted by Crippen LogP contribution is 2.23. The predicted molar refractivity (Wildman–Crippen MR) is 64.7 cm³/mol. The molecule has 0 aromatic carbocycles. The zero-order valence-corrected chi connectivity index (χ0v) is 10.6. The highest BCUT2D eigenvalue weighted by atomic mass is 16.4. The van der Waals surface area contributed by atoms with Crippen molar-refractivity contribution in [2.45, 2.75) is 51.6 Å². The van der Waals surface area contributed by atoms with Crippen LogP contribution in [0.3, 0.4) is 0 Å². The Balaban J connectivity index is 2.67. The average Bonchev–Trinajstić information content (AvgIpc) is 2.26. The summed E-state index contributed by atoms with van der Waals surface area (Å²) in [5.74, 6) is -0.840. The lowest BCUT2D eigenvalue weighted by Gasteiger charge is -2.39. The molecule has 2 atom stereocenters. The van der Waals surface area contributed by atoms with Crippen molar-refractivity contribution in [3.63, 3.8) is 0 Å². The van der Waals surface area contributed by atoms with E-state index in [0.29, 0.717) is 6.54 Å². The number of carbonyl (C=O) groups excluding carboxylic acids is 1. The Bertz CT molecular complexity index is 263. The van der Waals surface area contributed by atoms with Crippen LogP contribution >= 0.6 is 0 Å². The van der Waals surface area contributed by atoms with Crippen LogP contribution in [0.5, 0.6) is 0 Å². The second kappa shape index (κ2) is 6.59. The first kappa shape index (κ1) is 14.0. The Hall–Kier alpha value is -1.10. The van der Waals surface area contributed by atoms with Crippen LogP contribution in [0.1, 0.15) is 39.5 Å². The molecule has 5 nitrogen and oxygen atoms in total.